The monoisotopic (exact) mass is 591 g/mol. The Balaban J connectivity index is 1.68. The maximum absolute atomic E-state index is 13.9. The largest absolute Gasteiger partial charge is 0.493 e. The van der Waals surface area contributed by atoms with Gasteiger partial charge in [0.05, 0.1) is 44.6 Å². The number of hydrogen-bond acceptors (Lipinski definition) is 8. The smallest absolute Gasteiger partial charge is 0.262 e. The minimum atomic E-state index is -0.452. The maximum Gasteiger partial charge on any atom is 0.262 e. The Morgan fingerprint density at radius 1 is 0.881 bits per heavy atom. The molecule has 4 aromatic rings. The Bertz CT molecular complexity index is 1600. The van der Waals surface area contributed by atoms with Gasteiger partial charge in [0.15, 0.2) is 28.2 Å². The van der Waals surface area contributed by atoms with Crippen molar-refractivity contribution >= 4 is 28.6 Å². The zero-order valence-corrected chi connectivity index (χ0v) is 25.7. The summed E-state index contributed by atoms with van der Waals surface area (Å²) in [4.78, 5) is 32.0. The first-order chi connectivity index (χ1) is 20.3. The van der Waals surface area contributed by atoms with Crippen molar-refractivity contribution in [2.75, 3.05) is 28.4 Å². The van der Waals surface area contributed by atoms with E-state index < -0.39 is 5.25 Å². The lowest BCUT2D eigenvalue weighted by Gasteiger charge is -2.19. The van der Waals surface area contributed by atoms with Crippen LogP contribution < -0.4 is 29.8 Å². The van der Waals surface area contributed by atoms with Crippen molar-refractivity contribution in [1.29, 1.82) is 0 Å². The summed E-state index contributed by atoms with van der Waals surface area (Å²) in [5.74, 6) is 2.04. The van der Waals surface area contributed by atoms with Crippen molar-refractivity contribution < 1.29 is 23.7 Å². The fourth-order valence-corrected chi connectivity index (χ4v) is 5.61. The maximum atomic E-state index is 13.9. The molecule has 0 aliphatic heterocycles. The number of methoxy groups -OCH3 is 4. The Hall–Kier alpha value is -4.18. The average molecular weight is 592 g/mol. The van der Waals surface area contributed by atoms with Crippen LogP contribution in [0.15, 0.2) is 64.5 Å². The van der Waals surface area contributed by atoms with Gasteiger partial charge in [0.1, 0.15) is 0 Å². The second-order valence-electron chi connectivity index (χ2n) is 9.73. The van der Waals surface area contributed by atoms with Crippen LogP contribution in [-0.4, -0.2) is 49.1 Å². The van der Waals surface area contributed by atoms with Crippen LogP contribution in [0.5, 0.6) is 23.0 Å². The number of aryl methyl sites for hydroxylation is 2. The highest BCUT2D eigenvalue weighted by molar-refractivity contribution is 8.00. The minimum Gasteiger partial charge on any atom is -0.493 e. The summed E-state index contributed by atoms with van der Waals surface area (Å²) < 4.78 is 23.3. The van der Waals surface area contributed by atoms with Crippen LogP contribution in [0.2, 0.25) is 0 Å². The van der Waals surface area contributed by atoms with Crippen molar-refractivity contribution in [1.82, 2.24) is 14.9 Å². The molecule has 0 saturated heterocycles. The Labute approximate surface area is 250 Å². The molecular weight excluding hydrogens is 554 g/mol. The van der Waals surface area contributed by atoms with Crippen molar-refractivity contribution in [3.63, 3.8) is 0 Å². The van der Waals surface area contributed by atoms with E-state index in [0.29, 0.717) is 65.0 Å². The molecular formula is C32H37N3O6S. The molecule has 1 amide bonds. The molecule has 1 N–H and O–H groups in total. The number of nitrogens with zero attached hydrogens (tertiary/aromatic N) is 2. The first-order valence-electron chi connectivity index (χ1n) is 13.7. The molecule has 3 aromatic carbocycles. The standard InChI is InChI=1S/C32H37N3O6S/c1-7-29(30(36)33-19-22-10-8-20(2)9-11-22)42-32-34-24-18-28(41-6)27(40-5)17-23(24)31(37)35(32)15-14-21-12-13-25(38-3)26(16-21)39-4/h8-13,16-18,29H,7,14-15,19H2,1-6H3,(H,33,36)/t29-/m0/s1. The van der Waals surface area contributed by atoms with Crippen LogP contribution in [-0.2, 0) is 24.3 Å². The molecule has 0 unspecified atom stereocenters. The van der Waals surface area contributed by atoms with Gasteiger partial charge in [0.2, 0.25) is 5.91 Å². The van der Waals surface area contributed by atoms with Crippen LogP contribution in [0.25, 0.3) is 10.9 Å². The van der Waals surface area contributed by atoms with Gasteiger partial charge in [-0.3, -0.25) is 14.2 Å². The number of benzene rings is 3. The van der Waals surface area contributed by atoms with Crippen LogP contribution in [0.4, 0.5) is 0 Å². The molecule has 222 valence electrons. The summed E-state index contributed by atoms with van der Waals surface area (Å²) in [5, 5.41) is 3.45. The lowest BCUT2D eigenvalue weighted by atomic mass is 10.1. The van der Waals surface area contributed by atoms with Gasteiger partial charge in [-0.15, -0.1) is 0 Å². The molecule has 0 fully saturated rings. The number of carbonyl (C=O) groups excluding carboxylic acids is 1. The summed E-state index contributed by atoms with van der Waals surface area (Å²) in [7, 11) is 6.24. The van der Waals surface area contributed by atoms with Crippen molar-refractivity contribution in [2.45, 2.75) is 50.2 Å². The molecule has 0 saturated carbocycles. The highest BCUT2D eigenvalue weighted by atomic mass is 32.2. The predicted molar refractivity (Wildman–Crippen MR) is 165 cm³/mol. The van der Waals surface area contributed by atoms with Gasteiger partial charge in [-0.1, -0.05) is 54.6 Å². The van der Waals surface area contributed by atoms with Gasteiger partial charge in [0.25, 0.3) is 5.56 Å². The molecule has 0 aliphatic rings. The Morgan fingerprint density at radius 3 is 2.14 bits per heavy atom. The SMILES string of the molecule is CC[C@H](Sc1nc2cc(OC)c(OC)cc2c(=O)n1CCc1ccc(OC)c(OC)c1)C(=O)NCc1ccc(C)cc1. The Morgan fingerprint density at radius 2 is 1.50 bits per heavy atom. The summed E-state index contributed by atoms with van der Waals surface area (Å²) in [6.07, 6.45) is 1.09. The van der Waals surface area contributed by atoms with E-state index in [-0.39, 0.29) is 11.5 Å². The Kier molecular flexibility index (Phi) is 10.4. The summed E-state index contributed by atoms with van der Waals surface area (Å²) >= 11 is 1.29. The normalized spacial score (nSPS) is 11.7. The van der Waals surface area contributed by atoms with Crippen molar-refractivity contribution in [2.24, 2.45) is 0 Å². The third-order valence-electron chi connectivity index (χ3n) is 6.99. The molecule has 1 heterocycles. The molecule has 1 atom stereocenters. The van der Waals surface area contributed by atoms with Crippen molar-refractivity contribution in [3.8, 4) is 23.0 Å². The predicted octanol–water partition coefficient (Wildman–Crippen LogP) is 5.17. The first kappa shape index (κ1) is 30.8. The van der Waals surface area contributed by atoms with E-state index in [1.165, 1.54) is 26.0 Å². The van der Waals surface area contributed by atoms with Gasteiger partial charge in [-0.05, 0) is 49.1 Å². The molecule has 4 rings (SSSR count). The van der Waals surface area contributed by atoms with Crippen LogP contribution in [0.3, 0.4) is 0 Å². The van der Waals surface area contributed by atoms with Gasteiger partial charge >= 0.3 is 0 Å². The second kappa shape index (κ2) is 14.1. The molecule has 9 nitrogen and oxygen atoms in total. The topological polar surface area (TPSA) is 101 Å². The number of thioether (sulfide) groups is 1. The highest BCUT2D eigenvalue weighted by Gasteiger charge is 2.23. The number of amides is 1. The fourth-order valence-electron chi connectivity index (χ4n) is 4.55. The lowest BCUT2D eigenvalue weighted by Crippen LogP contribution is -2.33. The van der Waals surface area contributed by atoms with E-state index in [9.17, 15) is 9.59 Å². The van der Waals surface area contributed by atoms with Crippen LogP contribution in [0.1, 0.15) is 30.0 Å². The van der Waals surface area contributed by atoms with Gasteiger partial charge in [-0.25, -0.2) is 4.98 Å². The second-order valence-corrected chi connectivity index (χ2v) is 10.9. The summed E-state index contributed by atoms with van der Waals surface area (Å²) in [6.45, 7) is 4.74. The summed E-state index contributed by atoms with van der Waals surface area (Å²) in [6, 6.07) is 17.1. The van der Waals surface area contributed by atoms with E-state index in [0.717, 1.165) is 16.7 Å². The van der Waals surface area contributed by atoms with Gasteiger partial charge in [-0.2, -0.15) is 0 Å². The number of aromatic nitrogens is 2. The van der Waals surface area contributed by atoms with Gasteiger partial charge in [0, 0.05) is 19.2 Å². The lowest BCUT2D eigenvalue weighted by molar-refractivity contribution is -0.120. The molecule has 10 heteroatoms. The number of carbonyl (C=O) groups is 1. The molecule has 0 radical (unpaired) electrons. The fraction of sp³-hybridized carbons (Fsp3) is 0.344. The third kappa shape index (κ3) is 6.99. The van der Waals surface area contributed by atoms with E-state index in [2.05, 4.69) is 5.32 Å². The highest BCUT2D eigenvalue weighted by Crippen LogP contribution is 2.33. The first-order valence-corrected chi connectivity index (χ1v) is 14.6. The number of hydrogen-bond donors (Lipinski definition) is 1. The van der Waals surface area contributed by atoms with Crippen LogP contribution in [0, 0.1) is 6.92 Å². The molecule has 0 bridgehead atoms. The van der Waals surface area contributed by atoms with Gasteiger partial charge < -0.3 is 24.3 Å². The van der Waals surface area contributed by atoms with E-state index in [1.54, 1.807) is 30.9 Å². The van der Waals surface area contributed by atoms with E-state index in [1.807, 2.05) is 56.3 Å². The number of fused-ring (bicyclic) bond motifs is 1. The van der Waals surface area contributed by atoms with Crippen molar-refractivity contribution in [3.05, 3.63) is 81.6 Å². The molecule has 1 aromatic heterocycles. The average Bonchev–Trinajstić information content (AvgIpc) is 3.02. The minimum absolute atomic E-state index is 0.115. The molecule has 0 spiro atoms. The molecule has 0 aliphatic carbocycles. The summed E-state index contributed by atoms with van der Waals surface area (Å²) in [5.41, 5.74) is 3.39. The number of rotatable bonds is 13. The number of nitrogens with one attached hydrogen (secondary N) is 1. The van der Waals surface area contributed by atoms with E-state index in [4.69, 9.17) is 23.9 Å². The quantitative estimate of drug-likeness (QED) is 0.168. The zero-order chi connectivity index (χ0) is 30.2. The van der Waals surface area contributed by atoms with E-state index >= 15 is 0 Å². The zero-order valence-electron chi connectivity index (χ0n) is 24.9. The number of ether oxygens (including phenoxy) is 4. The van der Waals surface area contributed by atoms with Crippen LogP contribution >= 0.6 is 11.8 Å². The third-order valence-corrected chi connectivity index (χ3v) is 8.35. The molecule has 42 heavy (non-hydrogen) atoms.